The van der Waals surface area contributed by atoms with Crippen LogP contribution < -0.4 is 10.6 Å². The zero-order valence-corrected chi connectivity index (χ0v) is 13.7. The molecule has 0 atom stereocenters. The van der Waals surface area contributed by atoms with Crippen molar-refractivity contribution in [3.8, 4) is 0 Å². The van der Waals surface area contributed by atoms with E-state index in [1.165, 1.54) is 0 Å². The molecule has 114 valence electrons. The van der Waals surface area contributed by atoms with Gasteiger partial charge in [0.05, 0.1) is 11.6 Å². The average molecular weight is 356 g/mol. The van der Waals surface area contributed by atoms with E-state index in [1.807, 2.05) is 30.3 Å². The molecular formula is C16H13Cl3N2O. The van der Waals surface area contributed by atoms with Crippen molar-refractivity contribution in [1.29, 1.82) is 0 Å². The first-order valence-corrected chi connectivity index (χ1v) is 7.77. The summed E-state index contributed by atoms with van der Waals surface area (Å²) in [5, 5.41) is 8.11. The summed E-state index contributed by atoms with van der Waals surface area (Å²) >= 11 is 18.2. The molecule has 0 saturated heterocycles. The SMILES string of the molecule is Clc1ccc(COC2(c3ccc(Cl)cc3Cl)NC=CN2)cc1. The van der Waals surface area contributed by atoms with Gasteiger partial charge in [-0.15, -0.1) is 0 Å². The minimum Gasteiger partial charge on any atom is -0.341 e. The Morgan fingerprint density at radius 3 is 2.14 bits per heavy atom. The van der Waals surface area contributed by atoms with Crippen LogP contribution in [0.15, 0.2) is 54.9 Å². The Bertz CT molecular complexity index is 693. The predicted molar refractivity (Wildman–Crippen MR) is 89.8 cm³/mol. The lowest BCUT2D eigenvalue weighted by Crippen LogP contribution is -2.48. The fourth-order valence-corrected chi connectivity index (χ4v) is 2.89. The number of benzene rings is 2. The van der Waals surface area contributed by atoms with Crippen molar-refractivity contribution in [3.05, 3.63) is 81.1 Å². The van der Waals surface area contributed by atoms with Crippen molar-refractivity contribution in [2.24, 2.45) is 0 Å². The van der Waals surface area contributed by atoms with Crippen LogP contribution in [0.3, 0.4) is 0 Å². The molecule has 0 radical (unpaired) electrons. The molecule has 2 N–H and O–H groups in total. The Morgan fingerprint density at radius 2 is 1.50 bits per heavy atom. The van der Waals surface area contributed by atoms with Gasteiger partial charge in [-0.1, -0.05) is 46.9 Å². The molecule has 2 aromatic carbocycles. The van der Waals surface area contributed by atoms with E-state index in [0.717, 1.165) is 11.1 Å². The third-order valence-corrected chi connectivity index (χ3v) is 4.14. The van der Waals surface area contributed by atoms with E-state index in [0.29, 0.717) is 21.7 Å². The lowest BCUT2D eigenvalue weighted by Gasteiger charge is -2.32. The highest BCUT2D eigenvalue weighted by molar-refractivity contribution is 6.35. The van der Waals surface area contributed by atoms with Gasteiger partial charge in [0.2, 0.25) is 5.85 Å². The van der Waals surface area contributed by atoms with E-state index in [4.69, 9.17) is 39.5 Å². The lowest BCUT2D eigenvalue weighted by molar-refractivity contribution is -0.0879. The third kappa shape index (κ3) is 3.18. The van der Waals surface area contributed by atoms with E-state index in [1.54, 1.807) is 24.5 Å². The molecule has 1 aliphatic heterocycles. The van der Waals surface area contributed by atoms with Crippen LogP contribution in [-0.2, 0) is 17.2 Å². The fraction of sp³-hybridized carbons (Fsp3) is 0.125. The molecule has 0 bridgehead atoms. The highest BCUT2D eigenvalue weighted by Crippen LogP contribution is 2.32. The molecule has 6 heteroatoms. The predicted octanol–water partition coefficient (Wildman–Crippen LogP) is 4.64. The molecule has 0 unspecified atom stereocenters. The normalized spacial score (nSPS) is 15.4. The van der Waals surface area contributed by atoms with E-state index in [9.17, 15) is 0 Å². The van der Waals surface area contributed by atoms with E-state index >= 15 is 0 Å². The van der Waals surface area contributed by atoms with Crippen LogP contribution >= 0.6 is 34.8 Å². The Labute approximate surface area is 143 Å². The second kappa shape index (κ2) is 6.39. The first-order valence-electron chi connectivity index (χ1n) is 6.63. The topological polar surface area (TPSA) is 33.3 Å². The minimum absolute atomic E-state index is 0.387. The second-order valence-corrected chi connectivity index (χ2v) is 6.12. The van der Waals surface area contributed by atoms with Gasteiger partial charge < -0.3 is 15.4 Å². The summed E-state index contributed by atoms with van der Waals surface area (Å²) in [5.41, 5.74) is 1.77. The van der Waals surface area contributed by atoms with E-state index < -0.39 is 5.85 Å². The molecule has 3 nitrogen and oxygen atoms in total. The summed E-state index contributed by atoms with van der Waals surface area (Å²) in [4.78, 5) is 0. The number of rotatable bonds is 4. The van der Waals surface area contributed by atoms with Gasteiger partial charge in [0.15, 0.2) is 0 Å². The molecule has 22 heavy (non-hydrogen) atoms. The van der Waals surface area contributed by atoms with Crippen molar-refractivity contribution in [2.45, 2.75) is 12.5 Å². The fourth-order valence-electron chi connectivity index (χ4n) is 2.22. The number of nitrogens with one attached hydrogen (secondary N) is 2. The maximum absolute atomic E-state index is 6.31. The van der Waals surface area contributed by atoms with Crippen LogP contribution in [0.1, 0.15) is 11.1 Å². The smallest absolute Gasteiger partial charge is 0.245 e. The molecule has 0 aromatic heterocycles. The Hall–Kier alpha value is -1.39. The second-order valence-electron chi connectivity index (χ2n) is 4.84. The molecular weight excluding hydrogens is 343 g/mol. The molecule has 2 aromatic rings. The van der Waals surface area contributed by atoms with E-state index in [2.05, 4.69) is 10.6 Å². The zero-order valence-electron chi connectivity index (χ0n) is 11.4. The maximum atomic E-state index is 6.31. The van der Waals surface area contributed by atoms with Gasteiger partial charge in [0.25, 0.3) is 0 Å². The van der Waals surface area contributed by atoms with Crippen LogP contribution in [0, 0.1) is 0 Å². The molecule has 1 aliphatic rings. The number of ether oxygens (including phenoxy) is 1. The van der Waals surface area contributed by atoms with Crippen LogP contribution in [0.2, 0.25) is 15.1 Å². The molecule has 3 rings (SSSR count). The van der Waals surface area contributed by atoms with Crippen molar-refractivity contribution in [2.75, 3.05) is 0 Å². The van der Waals surface area contributed by atoms with Crippen molar-refractivity contribution in [3.63, 3.8) is 0 Å². The van der Waals surface area contributed by atoms with Gasteiger partial charge in [0.1, 0.15) is 0 Å². The van der Waals surface area contributed by atoms with Crippen LogP contribution in [0.5, 0.6) is 0 Å². The molecule has 0 spiro atoms. The zero-order chi connectivity index (χ0) is 15.6. The largest absolute Gasteiger partial charge is 0.341 e. The molecule has 0 fully saturated rings. The summed E-state index contributed by atoms with van der Waals surface area (Å²) in [6.07, 6.45) is 3.54. The average Bonchev–Trinajstić information content (AvgIpc) is 2.96. The summed E-state index contributed by atoms with van der Waals surface area (Å²) in [7, 11) is 0. The van der Waals surface area contributed by atoms with Crippen LogP contribution in [0.25, 0.3) is 0 Å². The quantitative estimate of drug-likeness (QED) is 0.838. The van der Waals surface area contributed by atoms with Gasteiger partial charge in [-0.25, -0.2) is 0 Å². The first kappa shape index (κ1) is 15.5. The Balaban J connectivity index is 1.84. The van der Waals surface area contributed by atoms with Gasteiger partial charge in [0, 0.05) is 28.0 Å². The van der Waals surface area contributed by atoms with Gasteiger partial charge in [-0.05, 0) is 35.9 Å². The summed E-state index contributed by atoms with van der Waals surface area (Å²) in [6.45, 7) is 0.387. The lowest BCUT2D eigenvalue weighted by atomic mass is 10.1. The maximum Gasteiger partial charge on any atom is 0.245 e. The van der Waals surface area contributed by atoms with Crippen LogP contribution in [-0.4, -0.2) is 0 Å². The van der Waals surface area contributed by atoms with Crippen molar-refractivity contribution >= 4 is 34.8 Å². The summed E-state index contributed by atoms with van der Waals surface area (Å²) in [6, 6.07) is 12.8. The highest BCUT2D eigenvalue weighted by atomic mass is 35.5. The molecule has 0 aliphatic carbocycles. The molecule has 0 saturated carbocycles. The van der Waals surface area contributed by atoms with E-state index in [-0.39, 0.29) is 0 Å². The summed E-state index contributed by atoms with van der Waals surface area (Å²) in [5.74, 6) is -0.915. The molecule has 1 heterocycles. The first-order chi connectivity index (χ1) is 10.6. The van der Waals surface area contributed by atoms with Crippen LogP contribution in [0.4, 0.5) is 0 Å². The standard InChI is InChI=1S/C16H13Cl3N2O/c17-12-3-1-11(2-4-12)10-22-16(20-7-8-21-16)14-6-5-13(18)9-15(14)19/h1-9,20-21H,10H2. The van der Waals surface area contributed by atoms with Gasteiger partial charge in [-0.3, -0.25) is 0 Å². The number of hydrogen-bond donors (Lipinski definition) is 2. The monoisotopic (exact) mass is 354 g/mol. The Morgan fingerprint density at radius 1 is 0.864 bits per heavy atom. The van der Waals surface area contributed by atoms with Crippen molar-refractivity contribution in [1.82, 2.24) is 10.6 Å². The summed E-state index contributed by atoms with van der Waals surface area (Å²) < 4.78 is 6.07. The molecule has 0 amide bonds. The minimum atomic E-state index is -0.915. The van der Waals surface area contributed by atoms with Gasteiger partial charge in [-0.2, -0.15) is 0 Å². The van der Waals surface area contributed by atoms with Gasteiger partial charge >= 0.3 is 0 Å². The number of hydrogen-bond acceptors (Lipinski definition) is 3. The number of halogens is 3. The highest BCUT2D eigenvalue weighted by Gasteiger charge is 2.36. The Kier molecular flexibility index (Phi) is 4.50. The third-order valence-electron chi connectivity index (χ3n) is 3.34. The van der Waals surface area contributed by atoms with Crippen molar-refractivity contribution < 1.29 is 4.74 Å².